The van der Waals surface area contributed by atoms with Gasteiger partial charge in [0.1, 0.15) is 13.2 Å². The van der Waals surface area contributed by atoms with Gasteiger partial charge in [0.2, 0.25) is 0 Å². The number of ether oxygens (including phenoxy) is 2. The number of nitrogens with one attached hydrogen (secondary N) is 2. The van der Waals surface area contributed by atoms with Crippen molar-refractivity contribution in [2.75, 3.05) is 13.2 Å². The van der Waals surface area contributed by atoms with Crippen molar-refractivity contribution in [2.24, 2.45) is 0 Å². The molecule has 1 aliphatic rings. The molecule has 0 saturated heterocycles. The van der Waals surface area contributed by atoms with Crippen LogP contribution in [0, 0.1) is 13.8 Å². The molecule has 1 atom stereocenters. The molecule has 4 rings (SSSR count). The Kier molecular flexibility index (Phi) is 4.07. The first-order chi connectivity index (χ1) is 12.5. The number of aryl methyl sites for hydroxylation is 2. The Labute approximate surface area is 152 Å². The van der Waals surface area contributed by atoms with Gasteiger partial charge in [-0.1, -0.05) is 6.07 Å². The van der Waals surface area contributed by atoms with E-state index in [2.05, 4.69) is 17.2 Å². The van der Waals surface area contributed by atoms with Crippen LogP contribution in [0.15, 0.2) is 36.4 Å². The predicted octanol–water partition coefficient (Wildman–Crippen LogP) is 4.05. The van der Waals surface area contributed by atoms with Crippen LogP contribution in [0.3, 0.4) is 0 Å². The topological polar surface area (TPSA) is 63.4 Å². The van der Waals surface area contributed by atoms with Gasteiger partial charge in [0.15, 0.2) is 11.5 Å². The number of hydrogen-bond donors (Lipinski definition) is 2. The van der Waals surface area contributed by atoms with Crippen molar-refractivity contribution in [3.63, 3.8) is 0 Å². The monoisotopic (exact) mass is 350 g/mol. The molecule has 5 heteroatoms. The summed E-state index contributed by atoms with van der Waals surface area (Å²) in [4.78, 5) is 16.0. The molecule has 0 fully saturated rings. The Balaban J connectivity index is 1.55. The minimum absolute atomic E-state index is 0.0902. The van der Waals surface area contributed by atoms with Crippen molar-refractivity contribution in [1.29, 1.82) is 0 Å². The van der Waals surface area contributed by atoms with Crippen LogP contribution in [0.4, 0.5) is 0 Å². The highest BCUT2D eigenvalue weighted by atomic mass is 16.6. The number of H-pyrrole nitrogens is 1. The lowest BCUT2D eigenvalue weighted by Gasteiger charge is -2.21. The zero-order valence-corrected chi connectivity index (χ0v) is 15.2. The Hall–Kier alpha value is -2.95. The van der Waals surface area contributed by atoms with Crippen LogP contribution in [0.2, 0.25) is 0 Å². The summed E-state index contributed by atoms with van der Waals surface area (Å²) in [5, 5.41) is 4.15. The molecule has 2 heterocycles. The van der Waals surface area contributed by atoms with Gasteiger partial charge >= 0.3 is 0 Å². The summed E-state index contributed by atoms with van der Waals surface area (Å²) in [5.74, 6) is 1.39. The number of aromatic nitrogens is 1. The molecule has 1 amide bonds. The zero-order valence-electron chi connectivity index (χ0n) is 15.2. The molecular formula is C21H22N2O3. The standard InChI is InChI=1S/C21H22N2O3/c1-12-13(2)22-18-6-4-16(10-17(12)18)21(24)23-14(3)15-5-7-19-20(11-15)26-9-8-25-19/h4-7,10-11,14,22H,8-9H2,1-3H3,(H,23,24). The number of carbonyl (C=O) groups is 1. The summed E-state index contributed by atoms with van der Waals surface area (Å²) in [6.07, 6.45) is 0. The fraction of sp³-hybridized carbons (Fsp3) is 0.286. The fourth-order valence-electron chi connectivity index (χ4n) is 3.30. The predicted molar refractivity (Wildman–Crippen MR) is 101 cm³/mol. The fourth-order valence-corrected chi connectivity index (χ4v) is 3.30. The van der Waals surface area contributed by atoms with E-state index in [4.69, 9.17) is 9.47 Å². The number of benzene rings is 2. The van der Waals surface area contributed by atoms with E-state index < -0.39 is 0 Å². The lowest BCUT2D eigenvalue weighted by atomic mass is 10.1. The third-order valence-corrected chi connectivity index (χ3v) is 4.98. The number of fused-ring (bicyclic) bond motifs is 2. The SMILES string of the molecule is Cc1[nH]c2ccc(C(=O)NC(C)c3ccc4c(c3)OCCO4)cc2c1C. The molecule has 5 nitrogen and oxygen atoms in total. The van der Waals surface area contributed by atoms with E-state index in [0.717, 1.165) is 33.7 Å². The van der Waals surface area contributed by atoms with Crippen LogP contribution in [0.25, 0.3) is 10.9 Å². The molecule has 1 unspecified atom stereocenters. The number of aromatic amines is 1. The first kappa shape index (κ1) is 16.5. The van der Waals surface area contributed by atoms with Crippen LogP contribution < -0.4 is 14.8 Å². The van der Waals surface area contributed by atoms with Crippen molar-refractivity contribution >= 4 is 16.8 Å². The highest BCUT2D eigenvalue weighted by Gasteiger charge is 2.17. The van der Waals surface area contributed by atoms with Gasteiger partial charge in [0.05, 0.1) is 6.04 Å². The first-order valence-electron chi connectivity index (χ1n) is 8.82. The summed E-state index contributed by atoms with van der Waals surface area (Å²) in [6.45, 7) is 7.19. The highest BCUT2D eigenvalue weighted by Crippen LogP contribution is 2.32. The first-order valence-corrected chi connectivity index (χ1v) is 8.82. The minimum Gasteiger partial charge on any atom is -0.486 e. The Morgan fingerprint density at radius 3 is 2.65 bits per heavy atom. The Morgan fingerprint density at radius 2 is 1.85 bits per heavy atom. The second-order valence-electron chi connectivity index (χ2n) is 6.73. The summed E-state index contributed by atoms with van der Waals surface area (Å²) in [7, 11) is 0. The van der Waals surface area contributed by atoms with Crippen molar-refractivity contribution in [3.05, 3.63) is 58.8 Å². The molecule has 0 saturated carbocycles. The maximum Gasteiger partial charge on any atom is 0.251 e. The van der Waals surface area contributed by atoms with E-state index in [0.29, 0.717) is 18.8 Å². The van der Waals surface area contributed by atoms with Crippen molar-refractivity contribution in [2.45, 2.75) is 26.8 Å². The third-order valence-electron chi connectivity index (χ3n) is 4.98. The van der Waals surface area contributed by atoms with E-state index >= 15 is 0 Å². The summed E-state index contributed by atoms with van der Waals surface area (Å²) < 4.78 is 11.2. The molecule has 0 aliphatic carbocycles. The molecule has 0 radical (unpaired) electrons. The van der Waals surface area contributed by atoms with E-state index in [-0.39, 0.29) is 11.9 Å². The van der Waals surface area contributed by atoms with Crippen molar-refractivity contribution < 1.29 is 14.3 Å². The van der Waals surface area contributed by atoms with Gasteiger partial charge in [0.25, 0.3) is 5.91 Å². The summed E-state index contributed by atoms with van der Waals surface area (Å²) in [6, 6.07) is 11.4. The van der Waals surface area contributed by atoms with Crippen LogP contribution >= 0.6 is 0 Å². The molecule has 1 aromatic heterocycles. The number of rotatable bonds is 3. The van der Waals surface area contributed by atoms with Gasteiger partial charge in [-0.05, 0) is 62.2 Å². The summed E-state index contributed by atoms with van der Waals surface area (Å²) >= 11 is 0. The lowest BCUT2D eigenvalue weighted by Crippen LogP contribution is -2.26. The van der Waals surface area contributed by atoms with Gasteiger partial charge in [-0.25, -0.2) is 0 Å². The largest absolute Gasteiger partial charge is 0.486 e. The maximum atomic E-state index is 12.7. The quantitative estimate of drug-likeness (QED) is 0.749. The summed E-state index contributed by atoms with van der Waals surface area (Å²) in [5.41, 5.74) is 4.99. The van der Waals surface area contributed by atoms with E-state index in [1.165, 1.54) is 5.56 Å². The molecule has 2 N–H and O–H groups in total. The second-order valence-corrected chi connectivity index (χ2v) is 6.73. The van der Waals surface area contributed by atoms with Crippen LogP contribution in [0.5, 0.6) is 11.5 Å². The maximum absolute atomic E-state index is 12.7. The van der Waals surface area contributed by atoms with Gasteiger partial charge in [-0.3, -0.25) is 4.79 Å². The number of amides is 1. The van der Waals surface area contributed by atoms with E-state index in [1.54, 1.807) is 0 Å². The Morgan fingerprint density at radius 1 is 1.08 bits per heavy atom. The molecule has 0 bridgehead atoms. The van der Waals surface area contributed by atoms with Gasteiger partial charge in [-0.15, -0.1) is 0 Å². The van der Waals surface area contributed by atoms with Crippen molar-refractivity contribution in [3.8, 4) is 11.5 Å². The van der Waals surface area contributed by atoms with Crippen LogP contribution in [-0.2, 0) is 0 Å². The van der Waals surface area contributed by atoms with Crippen LogP contribution in [-0.4, -0.2) is 24.1 Å². The molecule has 2 aromatic carbocycles. The molecule has 134 valence electrons. The average molecular weight is 350 g/mol. The lowest BCUT2D eigenvalue weighted by molar-refractivity contribution is 0.0940. The third kappa shape index (κ3) is 2.90. The molecule has 3 aromatic rings. The second kappa shape index (κ2) is 6.41. The van der Waals surface area contributed by atoms with Crippen molar-refractivity contribution in [1.82, 2.24) is 10.3 Å². The Bertz CT molecular complexity index is 990. The van der Waals surface area contributed by atoms with Crippen LogP contribution in [0.1, 0.15) is 40.1 Å². The highest BCUT2D eigenvalue weighted by molar-refractivity contribution is 5.99. The molecule has 1 aliphatic heterocycles. The van der Waals surface area contributed by atoms with E-state index in [1.807, 2.05) is 50.2 Å². The van der Waals surface area contributed by atoms with E-state index in [9.17, 15) is 4.79 Å². The van der Waals surface area contributed by atoms with Gasteiger partial charge < -0.3 is 19.8 Å². The number of hydrogen-bond acceptors (Lipinski definition) is 3. The normalized spacial score (nSPS) is 14.3. The minimum atomic E-state index is -0.136. The molecule has 0 spiro atoms. The smallest absolute Gasteiger partial charge is 0.251 e. The average Bonchev–Trinajstić information content (AvgIpc) is 2.94. The zero-order chi connectivity index (χ0) is 18.3. The molecular weight excluding hydrogens is 328 g/mol. The van der Waals surface area contributed by atoms with Gasteiger partial charge in [-0.2, -0.15) is 0 Å². The number of carbonyl (C=O) groups excluding carboxylic acids is 1. The molecule has 26 heavy (non-hydrogen) atoms. The van der Waals surface area contributed by atoms with Gasteiger partial charge in [0, 0.05) is 22.2 Å².